The van der Waals surface area contributed by atoms with E-state index in [1.165, 1.54) is 99.2 Å². The number of pyridine rings is 2. The van der Waals surface area contributed by atoms with Crippen molar-refractivity contribution in [1.82, 2.24) is 19.1 Å². The lowest BCUT2D eigenvalue weighted by molar-refractivity contribution is 0.881. The van der Waals surface area contributed by atoms with E-state index in [9.17, 15) is 0 Å². The normalized spacial score (nSPS) is 13.3. The van der Waals surface area contributed by atoms with Crippen LogP contribution in [0.5, 0.6) is 0 Å². The van der Waals surface area contributed by atoms with Crippen LogP contribution in [0, 0.1) is 0 Å². The molecule has 0 fully saturated rings. The van der Waals surface area contributed by atoms with Crippen molar-refractivity contribution in [1.29, 1.82) is 0 Å². The van der Waals surface area contributed by atoms with Gasteiger partial charge in [-0.3, -0.25) is 9.13 Å². The summed E-state index contributed by atoms with van der Waals surface area (Å²) in [5.41, 5.74) is 18.6. The van der Waals surface area contributed by atoms with E-state index < -0.39 is 0 Å². The summed E-state index contributed by atoms with van der Waals surface area (Å²) in [6, 6.07) is 53.0. The number of aromatic nitrogens is 4. The first-order valence-electron chi connectivity index (χ1n) is 19.0. The SMILES string of the molecule is c1ccc(-c2ccc3c(c2)c2cc4c5c(c2n3-c2ccccn2)CCc2c-5c(cc3c5cc(-c6ccccc6)ccc5n(-c5ccccn5)c23)CC4)cc1. The third-order valence-corrected chi connectivity index (χ3v) is 12.0. The first-order valence-corrected chi connectivity index (χ1v) is 19.0. The van der Waals surface area contributed by atoms with Crippen LogP contribution in [0.15, 0.2) is 158 Å². The van der Waals surface area contributed by atoms with Gasteiger partial charge in [0.25, 0.3) is 0 Å². The largest absolute Gasteiger partial charge is 0.293 e. The summed E-state index contributed by atoms with van der Waals surface area (Å²) in [6.07, 6.45) is 7.80. The van der Waals surface area contributed by atoms with Crippen LogP contribution < -0.4 is 0 Å². The van der Waals surface area contributed by atoms with E-state index >= 15 is 0 Å². The zero-order chi connectivity index (χ0) is 35.3. The maximum absolute atomic E-state index is 4.94. The van der Waals surface area contributed by atoms with Gasteiger partial charge >= 0.3 is 0 Å². The highest BCUT2D eigenvalue weighted by molar-refractivity contribution is 6.16. The van der Waals surface area contributed by atoms with Crippen LogP contribution in [0.1, 0.15) is 22.3 Å². The van der Waals surface area contributed by atoms with Gasteiger partial charge in [-0.05, 0) is 142 Å². The van der Waals surface area contributed by atoms with E-state index in [-0.39, 0.29) is 0 Å². The monoisotopic (exact) mass is 690 g/mol. The topological polar surface area (TPSA) is 35.6 Å². The summed E-state index contributed by atoms with van der Waals surface area (Å²) in [7, 11) is 0. The number of hydrogen-bond donors (Lipinski definition) is 0. The molecule has 0 saturated carbocycles. The van der Waals surface area contributed by atoms with Crippen molar-refractivity contribution in [3.05, 3.63) is 180 Å². The van der Waals surface area contributed by atoms with Crippen LogP contribution >= 0.6 is 0 Å². The lowest BCUT2D eigenvalue weighted by Crippen LogP contribution is -2.16. The summed E-state index contributed by atoms with van der Waals surface area (Å²) in [6.45, 7) is 0. The van der Waals surface area contributed by atoms with E-state index in [0.717, 1.165) is 37.3 Å². The number of rotatable bonds is 4. The number of benzene rings is 6. The highest BCUT2D eigenvalue weighted by atomic mass is 15.1. The molecule has 4 nitrogen and oxygen atoms in total. The Morgan fingerprint density at radius 3 is 1.24 bits per heavy atom. The molecule has 4 aromatic heterocycles. The van der Waals surface area contributed by atoms with E-state index in [0.29, 0.717) is 0 Å². The molecule has 2 aliphatic rings. The van der Waals surface area contributed by atoms with Gasteiger partial charge in [-0.2, -0.15) is 0 Å². The number of fused-ring (bicyclic) bond motifs is 8. The molecule has 0 amide bonds. The molecule has 4 heteroatoms. The first-order chi connectivity index (χ1) is 26.8. The summed E-state index contributed by atoms with van der Waals surface area (Å²) in [4.78, 5) is 9.88. The maximum Gasteiger partial charge on any atom is 0.137 e. The Bertz CT molecular complexity index is 2910. The van der Waals surface area contributed by atoms with Crippen molar-refractivity contribution in [3.8, 4) is 45.0 Å². The molecule has 2 aliphatic carbocycles. The van der Waals surface area contributed by atoms with Crippen LogP contribution in [-0.2, 0) is 25.7 Å². The highest BCUT2D eigenvalue weighted by Crippen LogP contribution is 2.51. The van der Waals surface area contributed by atoms with Crippen molar-refractivity contribution < 1.29 is 0 Å². The van der Waals surface area contributed by atoms with Crippen molar-refractivity contribution in [3.63, 3.8) is 0 Å². The van der Waals surface area contributed by atoms with Gasteiger partial charge in [0.15, 0.2) is 0 Å². The first kappa shape index (κ1) is 29.8. The zero-order valence-electron chi connectivity index (χ0n) is 29.6. The molecule has 0 radical (unpaired) electrons. The van der Waals surface area contributed by atoms with Gasteiger partial charge in [0, 0.05) is 33.9 Å². The number of hydrogen-bond acceptors (Lipinski definition) is 2. The van der Waals surface area contributed by atoms with Crippen LogP contribution in [0.4, 0.5) is 0 Å². The third kappa shape index (κ3) is 4.19. The average molecular weight is 691 g/mol. The number of nitrogens with zero attached hydrogens (tertiary/aromatic N) is 4. The van der Waals surface area contributed by atoms with Crippen LogP contribution in [0.25, 0.3) is 88.6 Å². The van der Waals surface area contributed by atoms with Gasteiger partial charge in [0.2, 0.25) is 0 Å². The summed E-state index contributed by atoms with van der Waals surface area (Å²) < 4.78 is 4.87. The van der Waals surface area contributed by atoms with E-state index in [1.54, 1.807) is 0 Å². The third-order valence-electron chi connectivity index (χ3n) is 12.0. The minimum absolute atomic E-state index is 0.957. The Balaban J connectivity index is 1.17. The molecule has 0 spiro atoms. The van der Waals surface area contributed by atoms with Gasteiger partial charge in [0.1, 0.15) is 11.6 Å². The van der Waals surface area contributed by atoms with Crippen LogP contribution in [0.2, 0.25) is 0 Å². The average Bonchev–Trinajstić information content (AvgIpc) is 3.76. The molecule has 10 aromatic rings. The van der Waals surface area contributed by atoms with Gasteiger partial charge < -0.3 is 0 Å². The Morgan fingerprint density at radius 1 is 0.370 bits per heavy atom. The van der Waals surface area contributed by atoms with Gasteiger partial charge in [-0.1, -0.05) is 84.9 Å². The molecule has 0 unspecified atom stereocenters. The molecule has 6 aromatic carbocycles. The fourth-order valence-electron chi connectivity index (χ4n) is 9.73. The Kier molecular flexibility index (Phi) is 6.26. The van der Waals surface area contributed by atoms with Crippen molar-refractivity contribution >= 4 is 43.6 Å². The second-order valence-electron chi connectivity index (χ2n) is 14.8. The van der Waals surface area contributed by atoms with Gasteiger partial charge in [-0.25, -0.2) is 9.97 Å². The van der Waals surface area contributed by atoms with Crippen LogP contribution in [-0.4, -0.2) is 19.1 Å². The van der Waals surface area contributed by atoms with Gasteiger partial charge in [-0.15, -0.1) is 0 Å². The molecule has 0 bridgehead atoms. The smallest absolute Gasteiger partial charge is 0.137 e. The molecule has 0 aliphatic heterocycles. The molecule has 54 heavy (non-hydrogen) atoms. The standard InChI is InChI=1S/C50H34N4/c1-3-11-31(12-4-1)33-19-23-43-39(27-33)41-29-35-17-18-36-30-42-40-28-34(32-13-5-2-6-14-32)20-24-44(40)54(46-16-8-10-26-52-46)50(42)38-22-21-37(47(35)48(36)38)49(41)53(43)45-15-7-9-25-51-45/h1-16,19-20,23-30H,17-18,21-22H2. The lowest BCUT2D eigenvalue weighted by atomic mass is 9.74. The Hall–Kier alpha value is -6.78. The predicted octanol–water partition coefficient (Wildman–Crippen LogP) is 11.9. The molecule has 12 rings (SSSR count). The van der Waals surface area contributed by atoms with E-state index in [2.05, 4.69) is 143 Å². The molecular weight excluding hydrogens is 657 g/mol. The minimum atomic E-state index is 0.957. The second kappa shape index (κ2) is 11.4. The molecule has 0 N–H and O–H groups in total. The maximum atomic E-state index is 4.94. The van der Waals surface area contributed by atoms with Crippen LogP contribution in [0.3, 0.4) is 0 Å². The fourth-order valence-corrected chi connectivity index (χ4v) is 9.73. The molecule has 0 atom stereocenters. The minimum Gasteiger partial charge on any atom is -0.293 e. The molecule has 254 valence electrons. The summed E-state index contributed by atoms with van der Waals surface area (Å²) in [5, 5.41) is 5.22. The zero-order valence-corrected chi connectivity index (χ0v) is 29.6. The predicted molar refractivity (Wildman–Crippen MR) is 222 cm³/mol. The van der Waals surface area contributed by atoms with Crippen molar-refractivity contribution in [2.75, 3.05) is 0 Å². The van der Waals surface area contributed by atoms with Crippen molar-refractivity contribution in [2.45, 2.75) is 25.7 Å². The molecule has 0 saturated heterocycles. The quantitative estimate of drug-likeness (QED) is 0.184. The highest BCUT2D eigenvalue weighted by Gasteiger charge is 2.33. The molecule has 4 heterocycles. The van der Waals surface area contributed by atoms with E-state index in [4.69, 9.17) is 9.97 Å². The fraction of sp³-hybridized carbons (Fsp3) is 0.0800. The summed E-state index contributed by atoms with van der Waals surface area (Å²) >= 11 is 0. The van der Waals surface area contributed by atoms with Crippen molar-refractivity contribution in [2.24, 2.45) is 0 Å². The van der Waals surface area contributed by atoms with Gasteiger partial charge in [0.05, 0.1) is 22.1 Å². The number of aryl methyl sites for hydroxylation is 4. The molecular formula is C50H34N4. The van der Waals surface area contributed by atoms with E-state index in [1.807, 2.05) is 24.5 Å². The Morgan fingerprint density at radius 2 is 0.815 bits per heavy atom. The summed E-state index contributed by atoms with van der Waals surface area (Å²) in [5.74, 6) is 1.92. The lowest BCUT2D eigenvalue weighted by Gasteiger charge is -2.31. The second-order valence-corrected chi connectivity index (χ2v) is 14.8. The Labute approximate surface area is 312 Å².